The highest BCUT2D eigenvalue weighted by atomic mass is 16.5. The minimum Gasteiger partial charge on any atom is -0.507 e. The molecule has 4 rings (SSSR count). The van der Waals surface area contributed by atoms with Crippen molar-refractivity contribution in [3.05, 3.63) is 89.5 Å². The molecule has 1 amide bonds. The van der Waals surface area contributed by atoms with Crippen molar-refractivity contribution < 1.29 is 24.2 Å². The molecule has 0 aromatic heterocycles. The summed E-state index contributed by atoms with van der Waals surface area (Å²) >= 11 is 0. The number of nitrogens with zero attached hydrogens (tertiary/aromatic N) is 2. The maximum Gasteiger partial charge on any atom is 0.300 e. The van der Waals surface area contributed by atoms with E-state index in [0.717, 1.165) is 12.1 Å². The maximum atomic E-state index is 13.6. The summed E-state index contributed by atoms with van der Waals surface area (Å²) < 4.78 is 11.6. The zero-order valence-corrected chi connectivity index (χ0v) is 22.5. The van der Waals surface area contributed by atoms with Gasteiger partial charge in [0.2, 0.25) is 0 Å². The number of ketones is 1. The van der Waals surface area contributed by atoms with Gasteiger partial charge in [-0.3, -0.25) is 14.5 Å². The number of carbonyl (C=O) groups is 2. The number of carbonyl (C=O) groups excluding carboxylic acids is 2. The predicted octanol–water partition coefficient (Wildman–Crippen LogP) is 5.95. The van der Waals surface area contributed by atoms with Crippen LogP contribution in [0.4, 0.5) is 11.4 Å². The number of hydrogen-bond acceptors (Lipinski definition) is 6. The van der Waals surface area contributed by atoms with Crippen molar-refractivity contribution in [1.29, 1.82) is 0 Å². The average Bonchev–Trinajstić information content (AvgIpc) is 3.17. The van der Waals surface area contributed by atoms with Gasteiger partial charge in [0.1, 0.15) is 17.3 Å². The SMILES string of the molecule is CCCOc1ccccc1N1C(=O)C(=O)/C(=C(\O)c2ccc(OC(C)C)cc2)C1c1ccc(N(C)C)cc1. The number of rotatable bonds is 9. The highest BCUT2D eigenvalue weighted by molar-refractivity contribution is 6.52. The van der Waals surface area contributed by atoms with E-state index in [9.17, 15) is 14.7 Å². The van der Waals surface area contributed by atoms with Gasteiger partial charge < -0.3 is 19.5 Å². The molecule has 3 aromatic carbocycles. The fourth-order valence-electron chi connectivity index (χ4n) is 4.46. The fraction of sp³-hybridized carbons (Fsp3) is 0.290. The van der Waals surface area contributed by atoms with Gasteiger partial charge in [-0.1, -0.05) is 31.2 Å². The van der Waals surface area contributed by atoms with Crippen molar-refractivity contribution in [2.75, 3.05) is 30.5 Å². The molecule has 198 valence electrons. The number of aliphatic hydroxyl groups excluding tert-OH is 1. The van der Waals surface area contributed by atoms with E-state index in [2.05, 4.69) is 0 Å². The minimum absolute atomic E-state index is 0.0000887. The molecular weight excluding hydrogens is 480 g/mol. The predicted molar refractivity (Wildman–Crippen MR) is 150 cm³/mol. The van der Waals surface area contributed by atoms with Gasteiger partial charge >= 0.3 is 0 Å². The van der Waals surface area contributed by atoms with Crippen LogP contribution in [0.1, 0.15) is 44.4 Å². The highest BCUT2D eigenvalue weighted by Gasteiger charge is 2.47. The summed E-state index contributed by atoms with van der Waals surface area (Å²) in [4.78, 5) is 30.5. The van der Waals surface area contributed by atoms with Crippen LogP contribution in [0.3, 0.4) is 0 Å². The fourth-order valence-corrected chi connectivity index (χ4v) is 4.46. The smallest absolute Gasteiger partial charge is 0.300 e. The van der Waals surface area contributed by atoms with Crippen molar-refractivity contribution >= 4 is 28.8 Å². The van der Waals surface area contributed by atoms with E-state index >= 15 is 0 Å². The minimum atomic E-state index is -0.843. The molecule has 1 aliphatic heterocycles. The lowest BCUT2D eigenvalue weighted by atomic mass is 9.94. The Hall–Kier alpha value is -4.26. The Kier molecular flexibility index (Phi) is 8.05. The summed E-state index contributed by atoms with van der Waals surface area (Å²) in [6.07, 6.45) is 0.791. The van der Waals surface area contributed by atoms with Gasteiger partial charge in [0, 0.05) is 25.3 Å². The normalized spacial score (nSPS) is 16.7. The van der Waals surface area contributed by atoms with Gasteiger partial charge in [0.05, 0.1) is 30.0 Å². The number of anilines is 2. The maximum absolute atomic E-state index is 13.6. The lowest BCUT2D eigenvalue weighted by Crippen LogP contribution is -2.30. The van der Waals surface area contributed by atoms with Gasteiger partial charge in [-0.15, -0.1) is 0 Å². The van der Waals surface area contributed by atoms with Crippen LogP contribution in [0.5, 0.6) is 11.5 Å². The molecule has 0 aliphatic carbocycles. The molecule has 7 heteroatoms. The molecule has 1 saturated heterocycles. The molecule has 3 aromatic rings. The molecular formula is C31H34N2O5. The number of amides is 1. The quantitative estimate of drug-likeness (QED) is 0.216. The highest BCUT2D eigenvalue weighted by Crippen LogP contribution is 2.45. The summed E-state index contributed by atoms with van der Waals surface area (Å²) in [5.74, 6) is -0.565. The topological polar surface area (TPSA) is 79.3 Å². The first-order chi connectivity index (χ1) is 18.2. The van der Waals surface area contributed by atoms with Crippen LogP contribution in [0, 0.1) is 0 Å². The van der Waals surface area contributed by atoms with Crippen molar-refractivity contribution in [2.24, 2.45) is 0 Å². The monoisotopic (exact) mass is 514 g/mol. The zero-order valence-electron chi connectivity index (χ0n) is 22.5. The third-order valence-corrected chi connectivity index (χ3v) is 6.26. The second-order valence-corrected chi connectivity index (χ2v) is 9.66. The van der Waals surface area contributed by atoms with Crippen LogP contribution < -0.4 is 19.3 Å². The lowest BCUT2D eigenvalue weighted by Gasteiger charge is -2.27. The third kappa shape index (κ3) is 5.37. The van der Waals surface area contributed by atoms with Gasteiger partial charge in [-0.2, -0.15) is 0 Å². The number of hydrogen-bond donors (Lipinski definition) is 1. The standard InChI is InChI=1S/C31H34N2O5/c1-6-19-37-26-10-8-7-9-25(26)33-28(21-11-15-23(16-12-21)32(4)5)27(30(35)31(33)36)29(34)22-13-17-24(18-14-22)38-20(2)3/h7-18,20,28,34H,6,19H2,1-5H3/b29-27-. The van der Waals surface area contributed by atoms with Crippen LogP contribution in [0.25, 0.3) is 5.76 Å². The van der Waals surface area contributed by atoms with Crippen LogP contribution in [0.2, 0.25) is 0 Å². The molecule has 0 bridgehead atoms. The second kappa shape index (κ2) is 11.4. The molecule has 1 N–H and O–H groups in total. The van der Waals surface area contributed by atoms with E-state index in [0.29, 0.717) is 34.9 Å². The first kappa shape index (κ1) is 26.8. The van der Waals surface area contributed by atoms with Crippen LogP contribution in [-0.2, 0) is 9.59 Å². The van der Waals surface area contributed by atoms with Crippen LogP contribution in [0.15, 0.2) is 78.4 Å². The summed E-state index contributed by atoms with van der Waals surface area (Å²) in [5.41, 5.74) is 2.59. The third-order valence-electron chi connectivity index (χ3n) is 6.26. The van der Waals surface area contributed by atoms with Crippen molar-refractivity contribution in [3.8, 4) is 11.5 Å². The number of para-hydroxylation sites is 2. The molecule has 1 unspecified atom stereocenters. The second-order valence-electron chi connectivity index (χ2n) is 9.66. The van der Waals surface area contributed by atoms with Crippen molar-refractivity contribution in [2.45, 2.75) is 39.3 Å². The molecule has 1 aliphatic rings. The van der Waals surface area contributed by atoms with Crippen molar-refractivity contribution in [1.82, 2.24) is 0 Å². The first-order valence-electron chi connectivity index (χ1n) is 12.8. The van der Waals surface area contributed by atoms with E-state index in [1.165, 1.54) is 4.90 Å². The Morgan fingerprint density at radius 1 is 0.974 bits per heavy atom. The molecule has 1 heterocycles. The Morgan fingerprint density at radius 2 is 1.63 bits per heavy atom. The number of benzene rings is 3. The number of Topliss-reactive ketones (excluding diaryl/α,β-unsaturated/α-hetero) is 1. The van der Waals surface area contributed by atoms with Gasteiger partial charge in [-0.05, 0) is 74.4 Å². The average molecular weight is 515 g/mol. The number of aliphatic hydroxyl groups is 1. The zero-order chi connectivity index (χ0) is 27.4. The lowest BCUT2D eigenvalue weighted by molar-refractivity contribution is -0.132. The Bertz CT molecular complexity index is 1330. The summed E-state index contributed by atoms with van der Waals surface area (Å²) in [7, 11) is 3.88. The molecule has 1 atom stereocenters. The molecule has 7 nitrogen and oxygen atoms in total. The first-order valence-corrected chi connectivity index (χ1v) is 12.8. The van der Waals surface area contributed by atoms with Crippen LogP contribution >= 0.6 is 0 Å². The Balaban J connectivity index is 1.87. The molecule has 1 fully saturated rings. The largest absolute Gasteiger partial charge is 0.507 e. The Morgan fingerprint density at radius 3 is 2.24 bits per heavy atom. The molecule has 0 saturated carbocycles. The molecule has 0 spiro atoms. The van der Waals surface area contributed by atoms with Gasteiger partial charge in [0.25, 0.3) is 11.7 Å². The van der Waals surface area contributed by atoms with Gasteiger partial charge in [-0.25, -0.2) is 0 Å². The summed E-state index contributed by atoms with van der Waals surface area (Å²) in [6.45, 7) is 6.32. The summed E-state index contributed by atoms with van der Waals surface area (Å²) in [6, 6.07) is 20.8. The van der Waals surface area contributed by atoms with Crippen LogP contribution in [-0.4, -0.2) is 43.6 Å². The van der Waals surface area contributed by atoms with Gasteiger partial charge in [0.15, 0.2) is 0 Å². The van der Waals surface area contributed by atoms with E-state index in [1.807, 2.05) is 70.1 Å². The molecule has 38 heavy (non-hydrogen) atoms. The van der Waals surface area contributed by atoms with E-state index in [-0.39, 0.29) is 17.4 Å². The van der Waals surface area contributed by atoms with E-state index in [1.54, 1.807) is 42.5 Å². The molecule has 0 radical (unpaired) electrons. The Labute approximate surface area is 223 Å². The van der Waals surface area contributed by atoms with Crippen molar-refractivity contribution in [3.63, 3.8) is 0 Å². The van der Waals surface area contributed by atoms with E-state index in [4.69, 9.17) is 9.47 Å². The van der Waals surface area contributed by atoms with E-state index < -0.39 is 17.7 Å². The number of ether oxygens (including phenoxy) is 2. The summed E-state index contributed by atoms with van der Waals surface area (Å²) in [5, 5.41) is 11.4.